The van der Waals surface area contributed by atoms with Crippen molar-refractivity contribution in [2.45, 2.75) is 90.0 Å². The first kappa shape index (κ1) is 23.3. The van der Waals surface area contributed by atoms with Crippen LogP contribution in [0.3, 0.4) is 0 Å². The van der Waals surface area contributed by atoms with E-state index in [1.807, 2.05) is 6.55 Å². The second kappa shape index (κ2) is 11.0. The van der Waals surface area contributed by atoms with Gasteiger partial charge in [0, 0.05) is 0 Å². The summed E-state index contributed by atoms with van der Waals surface area (Å²) in [6.45, 7) is 9.74. The van der Waals surface area contributed by atoms with Gasteiger partial charge in [-0.15, -0.1) is 0 Å². The molecule has 0 aromatic heterocycles. The van der Waals surface area contributed by atoms with Crippen molar-refractivity contribution in [1.82, 2.24) is 0 Å². The van der Waals surface area contributed by atoms with Gasteiger partial charge in [-0.2, -0.15) is 0 Å². The monoisotopic (exact) mass is 362 g/mol. The summed E-state index contributed by atoms with van der Waals surface area (Å²) in [7, 11) is 2.84. The van der Waals surface area contributed by atoms with Crippen molar-refractivity contribution in [3.8, 4) is 0 Å². The Balaban J connectivity index is 3.40. The minimum atomic E-state index is -2.38. The molecule has 0 saturated carbocycles. The van der Waals surface area contributed by atoms with Gasteiger partial charge in [-0.25, -0.2) is 0 Å². The standard InChI is InChI=1S/C18H44NO2Si2/c1-19(2,3)17-15-13-11-9-8-10-12-14-16-18-23(7,20)21-22(4,5)6/h20H,8-18H2,1-7H3/q+1. The minimum absolute atomic E-state index is 0.905. The van der Waals surface area contributed by atoms with Crippen LogP contribution in [0.5, 0.6) is 0 Å². The molecule has 0 aliphatic heterocycles. The number of hydrogen-bond acceptors (Lipinski definition) is 2. The molecule has 23 heavy (non-hydrogen) atoms. The van der Waals surface area contributed by atoms with Crippen molar-refractivity contribution in [3.05, 3.63) is 0 Å². The van der Waals surface area contributed by atoms with Gasteiger partial charge in [0.1, 0.15) is 0 Å². The summed E-state index contributed by atoms with van der Waals surface area (Å²) in [6.07, 6.45) is 12.0. The fourth-order valence-electron chi connectivity index (χ4n) is 2.99. The summed E-state index contributed by atoms with van der Waals surface area (Å²) >= 11 is 0. The van der Waals surface area contributed by atoms with E-state index in [-0.39, 0.29) is 0 Å². The number of hydrogen-bond donors (Lipinski definition) is 1. The highest BCUT2D eigenvalue weighted by molar-refractivity contribution is 6.81. The first-order valence-electron chi connectivity index (χ1n) is 9.64. The maximum absolute atomic E-state index is 10.4. The molecule has 1 N–H and O–H groups in total. The van der Waals surface area contributed by atoms with Gasteiger partial charge < -0.3 is 13.4 Å². The zero-order valence-corrected chi connectivity index (χ0v) is 19.1. The largest absolute Gasteiger partial charge is 0.436 e. The van der Waals surface area contributed by atoms with Crippen LogP contribution in [0.15, 0.2) is 0 Å². The van der Waals surface area contributed by atoms with E-state index in [2.05, 4.69) is 40.8 Å². The van der Waals surface area contributed by atoms with Crippen LogP contribution in [0.25, 0.3) is 0 Å². The van der Waals surface area contributed by atoms with E-state index < -0.39 is 16.9 Å². The van der Waals surface area contributed by atoms with Crippen LogP contribution < -0.4 is 0 Å². The highest BCUT2D eigenvalue weighted by Crippen LogP contribution is 2.19. The Morgan fingerprint density at radius 1 is 0.696 bits per heavy atom. The lowest BCUT2D eigenvalue weighted by atomic mass is 10.1. The molecule has 0 fully saturated rings. The van der Waals surface area contributed by atoms with Gasteiger partial charge in [-0.05, 0) is 45.1 Å². The molecule has 0 spiro atoms. The maximum Gasteiger partial charge on any atom is 0.321 e. The molecule has 0 saturated heterocycles. The van der Waals surface area contributed by atoms with Crippen LogP contribution in [-0.2, 0) is 4.12 Å². The summed E-state index contributed by atoms with van der Waals surface area (Å²) in [5.74, 6) is 0. The van der Waals surface area contributed by atoms with Crippen molar-refractivity contribution >= 4 is 16.9 Å². The van der Waals surface area contributed by atoms with Crippen LogP contribution in [0.2, 0.25) is 32.2 Å². The molecule has 0 amide bonds. The topological polar surface area (TPSA) is 29.5 Å². The van der Waals surface area contributed by atoms with Crippen molar-refractivity contribution in [1.29, 1.82) is 0 Å². The van der Waals surface area contributed by atoms with Gasteiger partial charge in [0.15, 0.2) is 8.32 Å². The molecule has 1 atom stereocenters. The molecule has 0 aromatic rings. The van der Waals surface area contributed by atoms with E-state index in [0.29, 0.717) is 0 Å². The Bertz CT molecular complexity index is 296. The van der Waals surface area contributed by atoms with Gasteiger partial charge >= 0.3 is 8.56 Å². The molecular formula is C18H44NO2Si2+. The fraction of sp³-hybridized carbons (Fsp3) is 1.00. The van der Waals surface area contributed by atoms with Crippen LogP contribution in [0, 0.1) is 0 Å². The smallest absolute Gasteiger partial charge is 0.321 e. The van der Waals surface area contributed by atoms with E-state index >= 15 is 0 Å². The third-order valence-corrected chi connectivity index (χ3v) is 9.49. The first-order chi connectivity index (χ1) is 10.4. The lowest BCUT2D eigenvalue weighted by Crippen LogP contribution is -2.44. The zero-order valence-electron chi connectivity index (χ0n) is 17.1. The van der Waals surface area contributed by atoms with Crippen molar-refractivity contribution in [2.75, 3.05) is 27.7 Å². The van der Waals surface area contributed by atoms with Crippen molar-refractivity contribution in [3.63, 3.8) is 0 Å². The lowest BCUT2D eigenvalue weighted by Gasteiger charge is -2.29. The van der Waals surface area contributed by atoms with Gasteiger partial charge in [-0.3, -0.25) is 0 Å². The maximum atomic E-state index is 10.4. The SMILES string of the molecule is C[N+](C)(C)CCCCCCCCCCC[Si](C)(O)O[Si](C)(C)C. The summed E-state index contributed by atoms with van der Waals surface area (Å²) in [6, 6.07) is 0.905. The van der Waals surface area contributed by atoms with Crippen molar-refractivity contribution < 1.29 is 13.4 Å². The van der Waals surface area contributed by atoms with E-state index in [4.69, 9.17) is 4.12 Å². The molecule has 140 valence electrons. The molecule has 3 nitrogen and oxygen atoms in total. The van der Waals surface area contributed by atoms with Gasteiger partial charge in [0.2, 0.25) is 0 Å². The average Bonchev–Trinajstić information content (AvgIpc) is 2.31. The third-order valence-electron chi connectivity index (χ3n) is 4.00. The first-order valence-corrected chi connectivity index (χ1v) is 15.6. The summed E-state index contributed by atoms with van der Waals surface area (Å²) in [5.41, 5.74) is 0. The number of nitrogens with zero attached hydrogens (tertiary/aromatic N) is 1. The van der Waals surface area contributed by atoms with E-state index in [1.165, 1.54) is 57.9 Å². The highest BCUT2D eigenvalue weighted by atomic mass is 28.4. The molecule has 0 bridgehead atoms. The summed E-state index contributed by atoms with van der Waals surface area (Å²) in [4.78, 5) is 10.4. The molecule has 0 aliphatic rings. The van der Waals surface area contributed by atoms with Crippen LogP contribution in [0.4, 0.5) is 0 Å². The second-order valence-corrected chi connectivity index (χ2v) is 17.2. The quantitative estimate of drug-likeness (QED) is 0.264. The fourth-order valence-corrected chi connectivity index (χ4v) is 9.58. The highest BCUT2D eigenvalue weighted by Gasteiger charge is 2.32. The Labute approximate surface area is 148 Å². The Kier molecular flexibility index (Phi) is 11.2. The Hall–Kier alpha value is 0.314. The predicted octanol–water partition coefficient (Wildman–Crippen LogP) is 5.12. The van der Waals surface area contributed by atoms with Gasteiger partial charge in [0.05, 0.1) is 27.7 Å². The predicted molar refractivity (Wildman–Crippen MR) is 108 cm³/mol. The molecule has 5 heteroatoms. The van der Waals surface area contributed by atoms with Crippen LogP contribution >= 0.6 is 0 Å². The molecule has 0 radical (unpaired) electrons. The molecule has 1 unspecified atom stereocenters. The number of quaternary nitrogens is 1. The van der Waals surface area contributed by atoms with Gasteiger partial charge in [-0.1, -0.05) is 44.9 Å². The van der Waals surface area contributed by atoms with Crippen LogP contribution in [-0.4, -0.2) is 53.8 Å². The second-order valence-electron chi connectivity index (χ2n) is 9.34. The average molecular weight is 363 g/mol. The Morgan fingerprint density at radius 2 is 1.09 bits per heavy atom. The normalized spacial score (nSPS) is 15.7. The molecule has 0 aromatic carbocycles. The molecular weight excluding hydrogens is 318 g/mol. The van der Waals surface area contributed by atoms with Crippen molar-refractivity contribution in [2.24, 2.45) is 0 Å². The zero-order chi connectivity index (χ0) is 18.0. The molecule has 0 aliphatic carbocycles. The lowest BCUT2D eigenvalue weighted by molar-refractivity contribution is -0.870. The number of unbranched alkanes of at least 4 members (excludes halogenated alkanes) is 8. The molecule has 0 heterocycles. The van der Waals surface area contributed by atoms with E-state index in [0.717, 1.165) is 16.9 Å². The van der Waals surface area contributed by atoms with E-state index in [1.54, 1.807) is 0 Å². The van der Waals surface area contributed by atoms with E-state index in [9.17, 15) is 4.80 Å². The third kappa shape index (κ3) is 18.5. The summed E-state index contributed by atoms with van der Waals surface area (Å²) < 4.78 is 7.06. The minimum Gasteiger partial charge on any atom is -0.436 e. The Morgan fingerprint density at radius 3 is 1.48 bits per heavy atom. The number of rotatable bonds is 14. The van der Waals surface area contributed by atoms with Crippen LogP contribution in [0.1, 0.15) is 57.8 Å². The van der Waals surface area contributed by atoms with Gasteiger partial charge in [0.25, 0.3) is 0 Å². The molecule has 0 rings (SSSR count). The summed E-state index contributed by atoms with van der Waals surface area (Å²) in [5, 5.41) is 0.